The quantitative estimate of drug-likeness (QED) is 0.909. The van der Waals surface area contributed by atoms with Gasteiger partial charge in [-0.15, -0.1) is 0 Å². The molecule has 6 heteroatoms. The summed E-state index contributed by atoms with van der Waals surface area (Å²) < 4.78 is 0. The van der Waals surface area contributed by atoms with Gasteiger partial charge in [-0.25, -0.2) is 9.78 Å². The fourth-order valence-electron chi connectivity index (χ4n) is 3.68. The lowest BCUT2D eigenvalue weighted by molar-refractivity contribution is 0.189. The number of rotatable bonds is 2. The molecule has 1 saturated heterocycles. The Kier molecular flexibility index (Phi) is 4.50. The maximum Gasteiger partial charge on any atom is 0.317 e. The van der Waals surface area contributed by atoms with E-state index in [2.05, 4.69) is 44.5 Å². The minimum absolute atomic E-state index is 0.0585. The van der Waals surface area contributed by atoms with E-state index >= 15 is 0 Å². The number of nitrogens with zero attached hydrogens (tertiary/aromatic N) is 4. The second-order valence-corrected chi connectivity index (χ2v) is 6.70. The maximum atomic E-state index is 12.6. The van der Waals surface area contributed by atoms with E-state index in [0.717, 1.165) is 38.2 Å². The molecule has 2 heterocycles. The molecule has 1 aliphatic carbocycles. The first-order valence-corrected chi connectivity index (χ1v) is 8.93. The molecule has 130 valence electrons. The number of urea groups is 1. The van der Waals surface area contributed by atoms with Crippen molar-refractivity contribution < 1.29 is 4.79 Å². The molecule has 1 aliphatic heterocycles. The van der Waals surface area contributed by atoms with Gasteiger partial charge in [-0.1, -0.05) is 24.3 Å². The molecule has 6 nitrogen and oxygen atoms in total. The van der Waals surface area contributed by atoms with E-state index in [9.17, 15) is 4.79 Å². The number of fused-ring (bicyclic) bond motifs is 1. The van der Waals surface area contributed by atoms with Gasteiger partial charge in [-0.05, 0) is 30.4 Å². The molecule has 1 N–H and O–H groups in total. The van der Waals surface area contributed by atoms with E-state index < -0.39 is 0 Å². The van der Waals surface area contributed by atoms with Crippen LogP contribution in [-0.2, 0) is 12.8 Å². The highest BCUT2D eigenvalue weighted by Crippen LogP contribution is 2.21. The molecule has 0 spiro atoms. The summed E-state index contributed by atoms with van der Waals surface area (Å²) in [6, 6.07) is 8.83. The molecule has 1 atom stereocenters. The van der Waals surface area contributed by atoms with E-state index in [0.29, 0.717) is 13.1 Å². The zero-order valence-electron chi connectivity index (χ0n) is 14.3. The number of anilines is 1. The molecule has 0 radical (unpaired) electrons. The van der Waals surface area contributed by atoms with Gasteiger partial charge in [0.1, 0.15) is 5.82 Å². The van der Waals surface area contributed by atoms with Crippen molar-refractivity contribution in [1.82, 2.24) is 20.2 Å². The normalized spacial score (nSPS) is 20.1. The number of carbonyl (C=O) groups excluding carboxylic acids is 1. The van der Waals surface area contributed by atoms with Gasteiger partial charge in [0.05, 0.1) is 6.20 Å². The van der Waals surface area contributed by atoms with E-state index in [-0.39, 0.29) is 12.1 Å². The van der Waals surface area contributed by atoms with Crippen LogP contribution in [0.15, 0.2) is 42.9 Å². The van der Waals surface area contributed by atoms with Crippen LogP contribution in [0.1, 0.15) is 17.5 Å². The summed E-state index contributed by atoms with van der Waals surface area (Å²) in [7, 11) is 0. The smallest absolute Gasteiger partial charge is 0.317 e. The molecule has 2 aliphatic rings. The first-order chi connectivity index (χ1) is 12.3. The van der Waals surface area contributed by atoms with Crippen molar-refractivity contribution in [1.29, 1.82) is 0 Å². The molecular weight excluding hydrogens is 314 g/mol. The number of carbonyl (C=O) groups is 1. The van der Waals surface area contributed by atoms with Gasteiger partial charge in [0.25, 0.3) is 0 Å². The van der Waals surface area contributed by atoms with Crippen molar-refractivity contribution in [2.24, 2.45) is 0 Å². The molecule has 0 saturated carbocycles. The monoisotopic (exact) mass is 337 g/mol. The SMILES string of the molecule is O=C(N[C@@H]1CCc2ccccc2C1)N1CCN(c2cnccn2)CC1. The topological polar surface area (TPSA) is 61.4 Å². The first kappa shape index (κ1) is 15.9. The van der Waals surface area contributed by atoms with Gasteiger partial charge in [-0.3, -0.25) is 4.98 Å². The number of hydrogen-bond donors (Lipinski definition) is 1. The molecule has 1 aromatic carbocycles. The van der Waals surface area contributed by atoms with Crippen LogP contribution in [0.5, 0.6) is 0 Å². The summed E-state index contributed by atoms with van der Waals surface area (Å²) in [6.07, 6.45) is 8.14. The van der Waals surface area contributed by atoms with Crippen LogP contribution in [0.3, 0.4) is 0 Å². The standard InChI is InChI=1S/C19H23N5O/c25-19(22-17-6-5-15-3-1-2-4-16(15)13-17)24-11-9-23(10-12-24)18-14-20-7-8-21-18/h1-4,7-8,14,17H,5-6,9-13H2,(H,22,25)/t17-/m1/s1. The van der Waals surface area contributed by atoms with Crippen LogP contribution >= 0.6 is 0 Å². The number of aryl methyl sites for hydroxylation is 1. The molecule has 0 unspecified atom stereocenters. The second-order valence-electron chi connectivity index (χ2n) is 6.70. The Balaban J connectivity index is 1.30. The summed E-state index contributed by atoms with van der Waals surface area (Å²) in [5.41, 5.74) is 2.79. The molecule has 25 heavy (non-hydrogen) atoms. The van der Waals surface area contributed by atoms with Gasteiger partial charge in [-0.2, -0.15) is 0 Å². The van der Waals surface area contributed by atoms with Crippen molar-refractivity contribution in [2.75, 3.05) is 31.1 Å². The predicted molar refractivity (Wildman–Crippen MR) is 96.6 cm³/mol. The van der Waals surface area contributed by atoms with Gasteiger partial charge in [0.15, 0.2) is 0 Å². The van der Waals surface area contributed by atoms with Crippen molar-refractivity contribution in [2.45, 2.75) is 25.3 Å². The average molecular weight is 337 g/mol. The van der Waals surface area contributed by atoms with E-state index in [4.69, 9.17) is 0 Å². The minimum atomic E-state index is 0.0585. The maximum absolute atomic E-state index is 12.6. The van der Waals surface area contributed by atoms with Gasteiger partial charge in [0.2, 0.25) is 0 Å². The largest absolute Gasteiger partial charge is 0.352 e. The zero-order valence-corrected chi connectivity index (χ0v) is 14.3. The Morgan fingerprint density at radius 2 is 1.88 bits per heavy atom. The molecule has 1 fully saturated rings. The highest BCUT2D eigenvalue weighted by Gasteiger charge is 2.25. The van der Waals surface area contributed by atoms with Crippen LogP contribution in [0.4, 0.5) is 10.6 Å². The molecule has 2 amide bonds. The molecule has 4 rings (SSSR count). The lowest BCUT2D eigenvalue weighted by Gasteiger charge is -2.36. The number of amides is 2. The van der Waals surface area contributed by atoms with E-state index in [1.165, 1.54) is 11.1 Å². The summed E-state index contributed by atoms with van der Waals surface area (Å²) in [5, 5.41) is 3.22. The second kappa shape index (κ2) is 7.09. The Morgan fingerprint density at radius 1 is 1.08 bits per heavy atom. The third-order valence-electron chi connectivity index (χ3n) is 5.11. The summed E-state index contributed by atoms with van der Waals surface area (Å²) in [5.74, 6) is 0.881. The van der Waals surface area contributed by atoms with E-state index in [1.54, 1.807) is 18.6 Å². The number of aromatic nitrogens is 2. The Hall–Kier alpha value is -2.63. The molecule has 1 aromatic heterocycles. The van der Waals surface area contributed by atoms with E-state index in [1.807, 2.05) is 4.90 Å². The lowest BCUT2D eigenvalue weighted by atomic mass is 9.88. The highest BCUT2D eigenvalue weighted by molar-refractivity contribution is 5.75. The predicted octanol–water partition coefficient (Wildman–Crippen LogP) is 1.87. The zero-order chi connectivity index (χ0) is 17.1. The number of nitrogens with one attached hydrogen (secondary N) is 1. The van der Waals surface area contributed by atoms with Crippen LogP contribution in [0.25, 0.3) is 0 Å². The Morgan fingerprint density at radius 3 is 2.64 bits per heavy atom. The molecule has 0 bridgehead atoms. The first-order valence-electron chi connectivity index (χ1n) is 8.93. The Labute approximate surface area is 147 Å². The van der Waals surface area contributed by atoms with Crippen LogP contribution in [0.2, 0.25) is 0 Å². The third kappa shape index (κ3) is 3.57. The average Bonchev–Trinajstić information content (AvgIpc) is 2.69. The number of hydrogen-bond acceptors (Lipinski definition) is 4. The van der Waals surface area contributed by atoms with Gasteiger partial charge < -0.3 is 15.1 Å². The van der Waals surface area contributed by atoms with Gasteiger partial charge in [0, 0.05) is 44.6 Å². The van der Waals surface area contributed by atoms with Crippen LogP contribution in [0, 0.1) is 0 Å². The number of benzene rings is 1. The fourth-order valence-corrected chi connectivity index (χ4v) is 3.68. The van der Waals surface area contributed by atoms with Crippen LogP contribution < -0.4 is 10.2 Å². The highest BCUT2D eigenvalue weighted by atomic mass is 16.2. The van der Waals surface area contributed by atoms with Crippen LogP contribution in [-0.4, -0.2) is 53.1 Å². The minimum Gasteiger partial charge on any atom is -0.352 e. The van der Waals surface area contributed by atoms with Crippen molar-refractivity contribution >= 4 is 11.8 Å². The van der Waals surface area contributed by atoms with Crippen molar-refractivity contribution in [3.63, 3.8) is 0 Å². The van der Waals surface area contributed by atoms with Crippen molar-refractivity contribution in [3.05, 3.63) is 54.0 Å². The third-order valence-corrected chi connectivity index (χ3v) is 5.11. The lowest BCUT2D eigenvalue weighted by Crippen LogP contribution is -2.54. The fraction of sp³-hybridized carbons (Fsp3) is 0.421. The molecular formula is C19H23N5O. The summed E-state index contributed by atoms with van der Waals surface area (Å²) >= 11 is 0. The Bertz CT molecular complexity index is 728. The molecule has 2 aromatic rings. The summed E-state index contributed by atoms with van der Waals surface area (Å²) in [4.78, 5) is 25.1. The number of piperazine rings is 1. The summed E-state index contributed by atoms with van der Waals surface area (Å²) in [6.45, 7) is 3.01. The van der Waals surface area contributed by atoms with Crippen molar-refractivity contribution in [3.8, 4) is 0 Å². The van der Waals surface area contributed by atoms with Gasteiger partial charge >= 0.3 is 6.03 Å².